The Bertz CT molecular complexity index is 805. The lowest BCUT2D eigenvalue weighted by Gasteiger charge is -2.36. The molecular formula is C18H25FN4O3. The third-order valence-electron chi connectivity index (χ3n) is 4.10. The number of piperazine rings is 1. The van der Waals surface area contributed by atoms with Gasteiger partial charge in [-0.2, -0.15) is 4.98 Å². The van der Waals surface area contributed by atoms with Crippen molar-refractivity contribution in [3.8, 4) is 0 Å². The van der Waals surface area contributed by atoms with E-state index in [4.69, 9.17) is 9.15 Å². The Morgan fingerprint density at radius 2 is 1.88 bits per heavy atom. The first kappa shape index (κ1) is 18.3. The summed E-state index contributed by atoms with van der Waals surface area (Å²) in [6, 6.07) is 3.50. The van der Waals surface area contributed by atoms with Gasteiger partial charge in [-0.25, -0.2) is 9.18 Å². The summed E-state index contributed by atoms with van der Waals surface area (Å²) in [6.45, 7) is 7.52. The topological polar surface area (TPSA) is 62.1 Å². The van der Waals surface area contributed by atoms with Gasteiger partial charge in [-0.3, -0.25) is 0 Å². The highest BCUT2D eigenvalue weighted by atomic mass is 19.1. The van der Waals surface area contributed by atoms with Gasteiger partial charge in [0.2, 0.25) is 0 Å². The number of carbonyl (C=O) groups excluding carboxylic acids is 1. The number of hydrogen-bond acceptors (Lipinski definition) is 6. The van der Waals surface area contributed by atoms with Gasteiger partial charge in [0.05, 0.1) is 5.69 Å². The molecule has 0 radical (unpaired) electrons. The number of anilines is 2. The van der Waals surface area contributed by atoms with Gasteiger partial charge in [-0.05, 0) is 20.8 Å². The Labute approximate surface area is 152 Å². The normalized spacial score (nSPS) is 15.5. The van der Waals surface area contributed by atoms with E-state index >= 15 is 0 Å². The van der Waals surface area contributed by atoms with Gasteiger partial charge in [-0.15, -0.1) is 0 Å². The van der Waals surface area contributed by atoms with Gasteiger partial charge in [0, 0.05) is 52.4 Å². The molecule has 0 unspecified atom stereocenters. The summed E-state index contributed by atoms with van der Waals surface area (Å²) in [5.41, 5.74) is 0.965. The van der Waals surface area contributed by atoms with Crippen molar-refractivity contribution < 1.29 is 18.3 Å². The van der Waals surface area contributed by atoms with Gasteiger partial charge in [0.15, 0.2) is 5.58 Å². The predicted molar refractivity (Wildman–Crippen MR) is 98.3 cm³/mol. The van der Waals surface area contributed by atoms with E-state index in [0.717, 1.165) is 0 Å². The fourth-order valence-corrected chi connectivity index (χ4v) is 2.82. The number of hydrogen-bond donors (Lipinski definition) is 0. The van der Waals surface area contributed by atoms with Crippen LogP contribution >= 0.6 is 0 Å². The molecule has 2 heterocycles. The molecule has 1 aromatic carbocycles. The van der Waals surface area contributed by atoms with Crippen molar-refractivity contribution in [2.24, 2.45) is 0 Å². The molecule has 1 aromatic heterocycles. The predicted octanol–water partition coefficient (Wildman–Crippen LogP) is 3.09. The van der Waals surface area contributed by atoms with Crippen LogP contribution in [0.4, 0.5) is 20.9 Å². The Balaban J connectivity index is 1.73. The van der Waals surface area contributed by atoms with Gasteiger partial charge in [0.25, 0.3) is 6.01 Å². The fraction of sp³-hybridized carbons (Fsp3) is 0.556. The molecule has 1 aliphatic heterocycles. The SMILES string of the molecule is CN(C)c1nc2cc(F)c(N3CCN(C(=O)OC(C)(C)C)CC3)cc2o1. The van der Waals surface area contributed by atoms with Crippen LogP contribution in [0.1, 0.15) is 20.8 Å². The van der Waals surface area contributed by atoms with Crippen molar-refractivity contribution in [1.29, 1.82) is 0 Å². The molecule has 1 saturated heterocycles. The van der Waals surface area contributed by atoms with Crippen LogP contribution in [0, 0.1) is 5.82 Å². The summed E-state index contributed by atoms with van der Waals surface area (Å²) in [6.07, 6.45) is -0.334. The van der Waals surface area contributed by atoms with E-state index in [2.05, 4.69) is 4.98 Å². The molecule has 0 saturated carbocycles. The van der Waals surface area contributed by atoms with Crippen LogP contribution in [-0.4, -0.2) is 61.9 Å². The smallest absolute Gasteiger partial charge is 0.410 e. The number of aromatic nitrogens is 1. The Kier molecular flexibility index (Phi) is 4.68. The third-order valence-corrected chi connectivity index (χ3v) is 4.10. The lowest BCUT2D eigenvalue weighted by molar-refractivity contribution is 0.0240. The minimum Gasteiger partial charge on any atom is -0.444 e. The number of carbonyl (C=O) groups is 1. The molecule has 3 rings (SSSR count). The highest BCUT2D eigenvalue weighted by Crippen LogP contribution is 2.29. The largest absolute Gasteiger partial charge is 0.444 e. The van der Waals surface area contributed by atoms with Crippen molar-refractivity contribution in [3.63, 3.8) is 0 Å². The lowest BCUT2D eigenvalue weighted by Crippen LogP contribution is -2.50. The van der Waals surface area contributed by atoms with Gasteiger partial charge in [0.1, 0.15) is 16.9 Å². The molecule has 7 nitrogen and oxygen atoms in total. The first-order chi connectivity index (χ1) is 12.1. The molecule has 0 N–H and O–H groups in total. The first-order valence-electron chi connectivity index (χ1n) is 8.64. The summed E-state index contributed by atoms with van der Waals surface area (Å²) >= 11 is 0. The molecule has 1 amide bonds. The lowest BCUT2D eigenvalue weighted by atomic mass is 10.2. The van der Waals surface area contributed by atoms with E-state index in [1.54, 1.807) is 15.9 Å². The number of halogens is 1. The van der Waals surface area contributed by atoms with E-state index in [9.17, 15) is 9.18 Å². The maximum Gasteiger partial charge on any atom is 0.410 e. The number of nitrogens with zero attached hydrogens (tertiary/aromatic N) is 4. The second-order valence-corrected chi connectivity index (χ2v) is 7.62. The minimum atomic E-state index is -0.526. The Hall–Kier alpha value is -2.51. The zero-order valence-electron chi connectivity index (χ0n) is 15.9. The second kappa shape index (κ2) is 6.66. The van der Waals surface area contributed by atoms with E-state index in [1.807, 2.05) is 39.8 Å². The highest BCUT2D eigenvalue weighted by Gasteiger charge is 2.27. The van der Waals surface area contributed by atoms with E-state index in [0.29, 0.717) is 49.0 Å². The Morgan fingerprint density at radius 3 is 2.46 bits per heavy atom. The number of rotatable bonds is 2. The number of fused-ring (bicyclic) bond motifs is 1. The van der Waals surface area contributed by atoms with Crippen LogP contribution in [0.15, 0.2) is 16.5 Å². The van der Waals surface area contributed by atoms with Crippen molar-refractivity contribution in [2.75, 3.05) is 50.1 Å². The molecule has 26 heavy (non-hydrogen) atoms. The second-order valence-electron chi connectivity index (χ2n) is 7.62. The van der Waals surface area contributed by atoms with Gasteiger partial charge >= 0.3 is 6.09 Å². The van der Waals surface area contributed by atoms with E-state index in [1.165, 1.54) is 6.07 Å². The summed E-state index contributed by atoms with van der Waals surface area (Å²) < 4.78 is 25.6. The zero-order valence-corrected chi connectivity index (χ0v) is 15.9. The number of ether oxygens (including phenoxy) is 1. The molecule has 0 atom stereocenters. The van der Waals surface area contributed by atoms with Crippen molar-refractivity contribution in [1.82, 2.24) is 9.88 Å². The molecule has 0 bridgehead atoms. The van der Waals surface area contributed by atoms with Crippen molar-refractivity contribution >= 4 is 28.9 Å². The van der Waals surface area contributed by atoms with Crippen LogP contribution in [0.2, 0.25) is 0 Å². The number of amides is 1. The summed E-state index contributed by atoms with van der Waals surface area (Å²) in [4.78, 5) is 21.7. The summed E-state index contributed by atoms with van der Waals surface area (Å²) in [7, 11) is 3.63. The van der Waals surface area contributed by atoms with E-state index in [-0.39, 0.29) is 11.9 Å². The highest BCUT2D eigenvalue weighted by molar-refractivity contribution is 5.79. The zero-order chi connectivity index (χ0) is 19.1. The first-order valence-corrected chi connectivity index (χ1v) is 8.64. The fourth-order valence-electron chi connectivity index (χ4n) is 2.82. The summed E-state index contributed by atoms with van der Waals surface area (Å²) in [5, 5.41) is 0. The molecule has 2 aromatic rings. The van der Waals surface area contributed by atoms with Crippen LogP contribution in [0.5, 0.6) is 0 Å². The van der Waals surface area contributed by atoms with Gasteiger partial charge in [-0.1, -0.05) is 0 Å². The van der Waals surface area contributed by atoms with Crippen LogP contribution in [-0.2, 0) is 4.74 Å². The maximum absolute atomic E-state index is 14.6. The maximum atomic E-state index is 14.6. The minimum absolute atomic E-state index is 0.334. The average molecular weight is 364 g/mol. The summed E-state index contributed by atoms with van der Waals surface area (Å²) in [5.74, 6) is -0.346. The van der Waals surface area contributed by atoms with Crippen LogP contribution in [0.3, 0.4) is 0 Å². The number of benzene rings is 1. The number of oxazole rings is 1. The van der Waals surface area contributed by atoms with E-state index < -0.39 is 5.60 Å². The molecule has 1 aliphatic rings. The van der Waals surface area contributed by atoms with Crippen molar-refractivity contribution in [3.05, 3.63) is 17.9 Å². The molecule has 0 aliphatic carbocycles. The molecule has 8 heteroatoms. The monoisotopic (exact) mass is 364 g/mol. The van der Waals surface area contributed by atoms with Crippen LogP contribution in [0.25, 0.3) is 11.1 Å². The van der Waals surface area contributed by atoms with Gasteiger partial charge < -0.3 is 23.9 Å². The molecule has 142 valence electrons. The quantitative estimate of drug-likeness (QED) is 0.816. The molecular weight excluding hydrogens is 339 g/mol. The standard InChI is InChI=1S/C18H25FN4O3/c1-18(2,3)26-17(24)23-8-6-22(7-9-23)14-11-15-13(10-12(14)19)20-16(25-15)21(4)5/h10-11H,6-9H2,1-5H3. The third kappa shape index (κ3) is 3.84. The molecule has 1 fully saturated rings. The van der Waals surface area contributed by atoms with Crippen molar-refractivity contribution in [2.45, 2.75) is 26.4 Å². The molecule has 0 spiro atoms. The average Bonchev–Trinajstić information content (AvgIpc) is 2.96. The Morgan fingerprint density at radius 1 is 1.23 bits per heavy atom. The van der Waals surface area contributed by atoms with Crippen LogP contribution < -0.4 is 9.80 Å².